The Kier molecular flexibility index (Phi) is 7.97. The first-order chi connectivity index (χ1) is 11.7. The monoisotopic (exact) mass is 409 g/mol. The molecule has 1 aliphatic rings. The topological polar surface area (TPSA) is 102 Å². The van der Waals surface area contributed by atoms with Crippen LogP contribution in [0, 0.1) is 5.82 Å². The quantitative estimate of drug-likeness (QED) is 0.744. The second-order valence-electron chi connectivity index (χ2n) is 6.28. The molecule has 2 rings (SSSR count). The van der Waals surface area contributed by atoms with E-state index in [-0.39, 0.29) is 44.4 Å². The van der Waals surface area contributed by atoms with E-state index in [2.05, 4.69) is 5.32 Å². The van der Waals surface area contributed by atoms with Gasteiger partial charge in [0, 0.05) is 18.8 Å². The van der Waals surface area contributed by atoms with Gasteiger partial charge in [-0.1, -0.05) is 13.3 Å². The molecule has 1 aliphatic heterocycles. The van der Waals surface area contributed by atoms with Crippen molar-refractivity contribution in [2.75, 3.05) is 31.6 Å². The summed E-state index contributed by atoms with van der Waals surface area (Å²) in [4.78, 5) is 11.8. The van der Waals surface area contributed by atoms with Gasteiger partial charge in [0.25, 0.3) is 0 Å². The molecule has 0 saturated carbocycles. The molecule has 0 aliphatic carbocycles. The molecular formula is C16H25ClFN3O4S. The first-order valence-corrected chi connectivity index (χ1v) is 9.60. The smallest absolute Gasteiger partial charge is 0.246 e. The third-order valence-electron chi connectivity index (χ3n) is 4.07. The minimum Gasteiger partial charge on any atom is -0.379 e. The van der Waals surface area contributed by atoms with Crippen LogP contribution in [0.1, 0.15) is 26.7 Å². The number of carbonyl (C=O) groups excluding carboxylic acids is 1. The number of nitrogens with one attached hydrogen (secondary N) is 1. The van der Waals surface area contributed by atoms with E-state index in [4.69, 9.17) is 10.5 Å². The molecular weight excluding hydrogens is 385 g/mol. The predicted octanol–water partition coefficient (Wildman–Crippen LogP) is 1.72. The Labute approximate surface area is 159 Å². The highest BCUT2D eigenvalue weighted by Gasteiger charge is 2.31. The Morgan fingerprint density at radius 1 is 1.38 bits per heavy atom. The number of halogens is 2. The molecule has 7 nitrogen and oxygen atoms in total. The van der Waals surface area contributed by atoms with Gasteiger partial charge in [0.05, 0.1) is 18.8 Å². The summed E-state index contributed by atoms with van der Waals surface area (Å²) in [7, 11) is -4.00. The molecule has 10 heteroatoms. The lowest BCUT2D eigenvalue weighted by atomic mass is 9.96. The third kappa shape index (κ3) is 5.14. The number of anilines is 1. The van der Waals surface area contributed by atoms with Gasteiger partial charge in [-0.25, -0.2) is 12.8 Å². The number of sulfonamides is 1. The molecule has 1 fully saturated rings. The Balaban J connectivity index is 0.00000338. The molecule has 1 aromatic rings. The van der Waals surface area contributed by atoms with E-state index >= 15 is 0 Å². The van der Waals surface area contributed by atoms with Crippen LogP contribution < -0.4 is 11.1 Å². The van der Waals surface area contributed by atoms with Gasteiger partial charge in [0.15, 0.2) is 0 Å². The van der Waals surface area contributed by atoms with Gasteiger partial charge in [-0.05, 0) is 31.5 Å². The van der Waals surface area contributed by atoms with Crippen molar-refractivity contribution in [1.29, 1.82) is 0 Å². The van der Waals surface area contributed by atoms with E-state index in [1.54, 1.807) is 6.92 Å². The minimum absolute atomic E-state index is 0. The number of morpholine rings is 1. The Morgan fingerprint density at radius 3 is 2.58 bits per heavy atom. The summed E-state index contributed by atoms with van der Waals surface area (Å²) >= 11 is 0. The minimum atomic E-state index is -4.00. The van der Waals surface area contributed by atoms with Gasteiger partial charge < -0.3 is 15.8 Å². The third-order valence-corrected chi connectivity index (χ3v) is 5.98. The van der Waals surface area contributed by atoms with Gasteiger partial charge in [-0.15, -0.1) is 12.4 Å². The van der Waals surface area contributed by atoms with Gasteiger partial charge in [0.1, 0.15) is 10.7 Å². The maximum atomic E-state index is 14.1. The summed E-state index contributed by atoms with van der Waals surface area (Å²) in [6.07, 6.45) is 1.19. The highest BCUT2D eigenvalue weighted by Crippen LogP contribution is 2.24. The number of nitrogens with two attached hydrogens (primary N) is 1. The van der Waals surface area contributed by atoms with Crippen LogP contribution in [0.3, 0.4) is 0 Å². The molecule has 1 amide bonds. The average Bonchev–Trinajstić information content (AvgIpc) is 2.57. The molecule has 148 valence electrons. The van der Waals surface area contributed by atoms with Crippen molar-refractivity contribution in [3.63, 3.8) is 0 Å². The molecule has 26 heavy (non-hydrogen) atoms. The number of ether oxygens (including phenoxy) is 1. The van der Waals surface area contributed by atoms with Crippen LogP contribution in [0.4, 0.5) is 10.1 Å². The zero-order chi connectivity index (χ0) is 18.7. The van der Waals surface area contributed by atoms with Gasteiger partial charge >= 0.3 is 0 Å². The summed E-state index contributed by atoms with van der Waals surface area (Å²) in [6.45, 7) is 4.36. The molecule has 1 aromatic carbocycles. The van der Waals surface area contributed by atoms with Crippen LogP contribution in [-0.2, 0) is 19.6 Å². The fourth-order valence-electron chi connectivity index (χ4n) is 2.61. The molecule has 1 atom stereocenters. The molecule has 0 radical (unpaired) electrons. The lowest BCUT2D eigenvalue weighted by Crippen LogP contribution is -2.48. The highest BCUT2D eigenvalue weighted by molar-refractivity contribution is 7.89. The maximum absolute atomic E-state index is 14.1. The summed E-state index contributed by atoms with van der Waals surface area (Å²) in [5.41, 5.74) is 5.06. The largest absolute Gasteiger partial charge is 0.379 e. The molecule has 0 bridgehead atoms. The lowest BCUT2D eigenvalue weighted by Gasteiger charge is -2.26. The summed E-state index contributed by atoms with van der Waals surface area (Å²) in [5, 5.41) is 2.57. The lowest BCUT2D eigenvalue weighted by molar-refractivity contribution is -0.120. The number of rotatable bonds is 6. The van der Waals surface area contributed by atoms with Crippen LogP contribution in [0.25, 0.3) is 0 Å². The van der Waals surface area contributed by atoms with Crippen LogP contribution in [0.2, 0.25) is 0 Å². The van der Waals surface area contributed by atoms with Gasteiger partial charge in [-0.3, -0.25) is 4.79 Å². The van der Waals surface area contributed by atoms with Crippen molar-refractivity contribution in [1.82, 2.24) is 4.31 Å². The van der Waals surface area contributed by atoms with E-state index in [0.29, 0.717) is 6.42 Å². The maximum Gasteiger partial charge on any atom is 0.246 e. The normalized spacial score (nSPS) is 17.8. The van der Waals surface area contributed by atoms with Crippen LogP contribution in [-0.4, -0.2) is 50.5 Å². The van der Waals surface area contributed by atoms with Crippen molar-refractivity contribution >= 4 is 34.0 Å². The number of benzene rings is 1. The van der Waals surface area contributed by atoms with Crippen molar-refractivity contribution in [2.45, 2.75) is 37.1 Å². The molecule has 0 spiro atoms. The first-order valence-electron chi connectivity index (χ1n) is 8.16. The van der Waals surface area contributed by atoms with E-state index in [1.165, 1.54) is 10.4 Å². The second-order valence-corrected chi connectivity index (χ2v) is 8.19. The Morgan fingerprint density at radius 2 is 2.00 bits per heavy atom. The van der Waals surface area contributed by atoms with Crippen LogP contribution in [0.15, 0.2) is 23.1 Å². The Bertz CT molecular complexity index is 737. The SMILES string of the molecule is CCCC(C)(N)C(=O)Nc1ccc(F)c(S(=O)(=O)N2CCOCC2)c1.Cl. The summed E-state index contributed by atoms with van der Waals surface area (Å²) in [6, 6.07) is 3.46. The second kappa shape index (κ2) is 9.09. The van der Waals surface area contributed by atoms with Crippen molar-refractivity contribution in [3.05, 3.63) is 24.0 Å². The standard InChI is InChI=1S/C16H24FN3O4S.ClH/c1-3-6-16(2,18)15(21)19-12-4-5-13(17)14(11-12)25(22,23)20-7-9-24-10-8-20;/h4-5,11H,3,6-10,18H2,1-2H3,(H,19,21);1H. The molecule has 3 N–H and O–H groups in total. The molecule has 1 unspecified atom stereocenters. The van der Waals surface area contributed by atoms with Gasteiger partial charge in [-0.2, -0.15) is 4.31 Å². The summed E-state index contributed by atoms with van der Waals surface area (Å²) < 4.78 is 45.7. The number of carbonyl (C=O) groups is 1. The molecule has 1 heterocycles. The average molecular weight is 410 g/mol. The van der Waals surface area contributed by atoms with E-state index in [0.717, 1.165) is 18.6 Å². The van der Waals surface area contributed by atoms with Crippen molar-refractivity contribution < 1.29 is 22.3 Å². The van der Waals surface area contributed by atoms with Gasteiger partial charge in [0.2, 0.25) is 15.9 Å². The summed E-state index contributed by atoms with van der Waals surface area (Å²) in [5.74, 6) is -1.32. The fraction of sp³-hybridized carbons (Fsp3) is 0.562. The fourth-order valence-corrected chi connectivity index (χ4v) is 4.11. The van der Waals surface area contributed by atoms with E-state index in [1.807, 2.05) is 6.92 Å². The van der Waals surface area contributed by atoms with E-state index < -0.39 is 32.2 Å². The molecule has 0 aromatic heterocycles. The van der Waals surface area contributed by atoms with Crippen molar-refractivity contribution in [2.24, 2.45) is 5.73 Å². The highest BCUT2D eigenvalue weighted by atomic mass is 35.5. The van der Waals surface area contributed by atoms with Crippen LogP contribution in [0.5, 0.6) is 0 Å². The number of nitrogens with zero attached hydrogens (tertiary/aromatic N) is 1. The van der Waals surface area contributed by atoms with Crippen molar-refractivity contribution in [3.8, 4) is 0 Å². The zero-order valence-electron chi connectivity index (χ0n) is 14.8. The zero-order valence-corrected chi connectivity index (χ0v) is 16.5. The Hall–Kier alpha value is -1.26. The predicted molar refractivity (Wildman–Crippen MR) is 99.4 cm³/mol. The van der Waals surface area contributed by atoms with Crippen LogP contribution >= 0.6 is 12.4 Å². The number of hydrogen-bond donors (Lipinski definition) is 2. The number of amides is 1. The molecule has 1 saturated heterocycles. The number of hydrogen-bond acceptors (Lipinski definition) is 5. The first kappa shape index (κ1) is 22.8. The van der Waals surface area contributed by atoms with E-state index in [9.17, 15) is 17.6 Å².